The lowest BCUT2D eigenvalue weighted by molar-refractivity contribution is -0.101. The normalized spacial score (nSPS) is 19.5. The Morgan fingerprint density at radius 3 is 2.78 bits per heavy atom. The molecular weight excluding hydrogens is 226 g/mol. The first-order valence-electron chi connectivity index (χ1n) is 7.07. The van der Waals surface area contributed by atoms with Crippen LogP contribution in [0.4, 0.5) is 0 Å². The fourth-order valence-electron chi connectivity index (χ4n) is 2.84. The van der Waals surface area contributed by atoms with Crippen LogP contribution in [0.15, 0.2) is 12.3 Å². The minimum atomic E-state index is -0.0257. The third kappa shape index (κ3) is 2.31. The van der Waals surface area contributed by atoms with E-state index in [2.05, 4.69) is 35.0 Å². The van der Waals surface area contributed by atoms with Crippen LogP contribution in [0.1, 0.15) is 51.3 Å². The van der Waals surface area contributed by atoms with Gasteiger partial charge in [-0.05, 0) is 45.2 Å². The molecule has 0 radical (unpaired) electrons. The molecule has 1 aliphatic rings. The Balaban J connectivity index is 2.24. The van der Waals surface area contributed by atoms with Crippen LogP contribution >= 0.6 is 0 Å². The number of ether oxygens (including phenoxy) is 1. The molecule has 1 N–H and O–H groups in total. The van der Waals surface area contributed by atoms with Gasteiger partial charge in [0.15, 0.2) is 0 Å². The minimum Gasteiger partial charge on any atom is -0.376 e. The molecule has 1 heterocycles. The molecule has 2 rings (SSSR count). The Labute approximate surface area is 110 Å². The number of aromatic nitrogens is 2. The molecule has 4 nitrogen and oxygen atoms in total. The van der Waals surface area contributed by atoms with Gasteiger partial charge in [0.1, 0.15) is 0 Å². The van der Waals surface area contributed by atoms with E-state index in [9.17, 15) is 0 Å². The van der Waals surface area contributed by atoms with Gasteiger partial charge in [-0.1, -0.05) is 6.92 Å². The monoisotopic (exact) mass is 251 g/mol. The summed E-state index contributed by atoms with van der Waals surface area (Å²) in [4.78, 5) is 0. The quantitative estimate of drug-likeness (QED) is 0.809. The standard InChI is InChI=1S/C14H25N3O/c1-4-10-15-13(14(18-3)8-6-9-14)12-7-11-16-17(12)5-2/h7,11,13,15H,4-6,8-10H2,1-3H3. The van der Waals surface area contributed by atoms with Crippen LogP contribution in [0, 0.1) is 0 Å². The summed E-state index contributed by atoms with van der Waals surface area (Å²) in [7, 11) is 1.84. The molecule has 0 saturated heterocycles. The van der Waals surface area contributed by atoms with Crippen molar-refractivity contribution in [2.45, 2.75) is 57.7 Å². The summed E-state index contributed by atoms with van der Waals surface area (Å²) >= 11 is 0. The van der Waals surface area contributed by atoms with E-state index in [1.165, 1.54) is 12.1 Å². The molecule has 0 amide bonds. The molecule has 1 atom stereocenters. The van der Waals surface area contributed by atoms with Gasteiger partial charge in [0.25, 0.3) is 0 Å². The van der Waals surface area contributed by atoms with Crippen molar-refractivity contribution in [3.8, 4) is 0 Å². The number of hydrogen-bond donors (Lipinski definition) is 1. The molecule has 1 fully saturated rings. The summed E-state index contributed by atoms with van der Waals surface area (Å²) in [5.41, 5.74) is 1.23. The van der Waals surface area contributed by atoms with E-state index in [-0.39, 0.29) is 11.6 Å². The van der Waals surface area contributed by atoms with E-state index in [0.717, 1.165) is 32.4 Å². The van der Waals surface area contributed by atoms with Gasteiger partial charge in [0, 0.05) is 19.9 Å². The Bertz CT molecular complexity index is 365. The molecule has 102 valence electrons. The van der Waals surface area contributed by atoms with Crippen LogP contribution in [0.5, 0.6) is 0 Å². The fourth-order valence-corrected chi connectivity index (χ4v) is 2.84. The maximum Gasteiger partial charge on any atom is 0.0887 e. The van der Waals surface area contributed by atoms with E-state index in [0.29, 0.717) is 0 Å². The largest absolute Gasteiger partial charge is 0.376 e. The van der Waals surface area contributed by atoms with Gasteiger partial charge < -0.3 is 10.1 Å². The maximum atomic E-state index is 5.85. The van der Waals surface area contributed by atoms with E-state index < -0.39 is 0 Å². The van der Waals surface area contributed by atoms with Crippen LogP contribution in [0.25, 0.3) is 0 Å². The molecule has 4 heteroatoms. The average Bonchev–Trinajstić information content (AvgIpc) is 2.80. The summed E-state index contributed by atoms with van der Waals surface area (Å²) in [5, 5.41) is 8.05. The maximum absolute atomic E-state index is 5.85. The van der Waals surface area contributed by atoms with Crippen molar-refractivity contribution in [3.63, 3.8) is 0 Å². The number of hydrogen-bond acceptors (Lipinski definition) is 3. The second-order valence-corrected chi connectivity index (χ2v) is 5.08. The molecule has 18 heavy (non-hydrogen) atoms. The number of methoxy groups -OCH3 is 1. The molecular formula is C14H25N3O. The molecule has 1 aromatic rings. The molecule has 0 bridgehead atoms. The summed E-state index contributed by atoms with van der Waals surface area (Å²) < 4.78 is 7.93. The van der Waals surface area contributed by atoms with Gasteiger partial charge in [-0.15, -0.1) is 0 Å². The Hall–Kier alpha value is -0.870. The molecule has 1 saturated carbocycles. The third-order valence-electron chi connectivity index (χ3n) is 4.08. The second kappa shape index (κ2) is 5.85. The Kier molecular flexibility index (Phi) is 4.40. The highest BCUT2D eigenvalue weighted by Crippen LogP contribution is 2.44. The van der Waals surface area contributed by atoms with E-state index in [4.69, 9.17) is 4.74 Å². The zero-order valence-electron chi connectivity index (χ0n) is 11.8. The first-order valence-corrected chi connectivity index (χ1v) is 7.07. The molecule has 0 aromatic carbocycles. The smallest absolute Gasteiger partial charge is 0.0887 e. The number of aryl methyl sites for hydroxylation is 1. The van der Waals surface area contributed by atoms with Crippen molar-refractivity contribution in [2.75, 3.05) is 13.7 Å². The summed E-state index contributed by atoms with van der Waals surface area (Å²) in [6.07, 6.45) is 6.57. The van der Waals surface area contributed by atoms with Crippen molar-refractivity contribution < 1.29 is 4.74 Å². The van der Waals surface area contributed by atoms with Crippen LogP contribution in [-0.4, -0.2) is 29.0 Å². The lowest BCUT2D eigenvalue weighted by Gasteiger charge is -2.46. The Morgan fingerprint density at radius 1 is 1.50 bits per heavy atom. The number of nitrogens with zero attached hydrogens (tertiary/aromatic N) is 2. The van der Waals surface area contributed by atoms with Gasteiger partial charge in [-0.3, -0.25) is 4.68 Å². The first-order chi connectivity index (χ1) is 8.77. The van der Waals surface area contributed by atoms with Crippen LogP contribution in [0.3, 0.4) is 0 Å². The van der Waals surface area contributed by atoms with E-state index >= 15 is 0 Å². The van der Waals surface area contributed by atoms with Crippen LogP contribution in [-0.2, 0) is 11.3 Å². The zero-order valence-corrected chi connectivity index (χ0v) is 11.8. The fraction of sp³-hybridized carbons (Fsp3) is 0.786. The summed E-state index contributed by atoms with van der Waals surface area (Å²) in [5.74, 6) is 0. The highest BCUT2D eigenvalue weighted by molar-refractivity contribution is 5.16. The Morgan fingerprint density at radius 2 is 2.28 bits per heavy atom. The van der Waals surface area contributed by atoms with Crippen molar-refractivity contribution >= 4 is 0 Å². The van der Waals surface area contributed by atoms with E-state index in [1.54, 1.807) is 0 Å². The first kappa shape index (κ1) is 13.6. The second-order valence-electron chi connectivity index (χ2n) is 5.08. The van der Waals surface area contributed by atoms with Gasteiger partial charge in [-0.2, -0.15) is 5.10 Å². The van der Waals surface area contributed by atoms with Crippen LogP contribution < -0.4 is 5.32 Å². The van der Waals surface area contributed by atoms with E-state index in [1.807, 2.05) is 13.3 Å². The third-order valence-corrected chi connectivity index (χ3v) is 4.08. The zero-order chi connectivity index (χ0) is 13.0. The molecule has 1 unspecified atom stereocenters. The molecule has 0 spiro atoms. The molecule has 1 aliphatic carbocycles. The predicted molar refractivity (Wildman–Crippen MR) is 72.5 cm³/mol. The predicted octanol–water partition coefficient (Wildman–Crippen LogP) is 2.51. The lowest BCUT2D eigenvalue weighted by atomic mass is 9.73. The molecule has 1 aromatic heterocycles. The van der Waals surface area contributed by atoms with Gasteiger partial charge in [0.2, 0.25) is 0 Å². The topological polar surface area (TPSA) is 39.1 Å². The summed E-state index contributed by atoms with van der Waals surface area (Å²) in [6.45, 7) is 6.26. The number of rotatable bonds is 7. The van der Waals surface area contributed by atoms with Crippen molar-refractivity contribution in [1.82, 2.24) is 15.1 Å². The van der Waals surface area contributed by atoms with Crippen LogP contribution in [0.2, 0.25) is 0 Å². The minimum absolute atomic E-state index is 0.0257. The van der Waals surface area contributed by atoms with Gasteiger partial charge in [0.05, 0.1) is 17.3 Å². The SMILES string of the molecule is CCCNC(c1ccnn1CC)C1(OC)CCC1. The van der Waals surface area contributed by atoms with Crippen molar-refractivity contribution in [2.24, 2.45) is 0 Å². The van der Waals surface area contributed by atoms with Crippen molar-refractivity contribution in [3.05, 3.63) is 18.0 Å². The van der Waals surface area contributed by atoms with Gasteiger partial charge in [-0.25, -0.2) is 0 Å². The lowest BCUT2D eigenvalue weighted by Crippen LogP contribution is -2.51. The summed E-state index contributed by atoms with van der Waals surface area (Å²) in [6, 6.07) is 2.38. The van der Waals surface area contributed by atoms with Gasteiger partial charge >= 0.3 is 0 Å². The highest BCUT2D eigenvalue weighted by atomic mass is 16.5. The van der Waals surface area contributed by atoms with Crippen molar-refractivity contribution in [1.29, 1.82) is 0 Å². The molecule has 0 aliphatic heterocycles. The number of nitrogens with one attached hydrogen (secondary N) is 1. The highest BCUT2D eigenvalue weighted by Gasteiger charge is 2.46. The average molecular weight is 251 g/mol.